The number of rotatable bonds is 3. The number of nitrogens with one attached hydrogen (secondary N) is 1. The van der Waals surface area contributed by atoms with E-state index in [1.165, 1.54) is 32.1 Å². The molecule has 5 fully saturated rings. The molecule has 5 saturated carbocycles. The third kappa shape index (κ3) is 4.04. The molecule has 5 nitrogen and oxygen atoms in total. The first-order valence-corrected chi connectivity index (χ1v) is 15.5. The van der Waals surface area contributed by atoms with Gasteiger partial charge in [-0.25, -0.2) is 0 Å². The number of carbonyl (C=O) groups is 2. The summed E-state index contributed by atoms with van der Waals surface area (Å²) in [5.74, 6) is 3.07. The number of hydrogen-bond donors (Lipinski definition) is 2. The molecule has 0 amide bonds. The fourth-order valence-electron chi connectivity index (χ4n) is 9.99. The van der Waals surface area contributed by atoms with Crippen LogP contribution in [0, 0.1) is 40.4 Å². The molecule has 1 aliphatic heterocycles. The van der Waals surface area contributed by atoms with Crippen molar-refractivity contribution < 1.29 is 14.7 Å². The minimum absolute atomic E-state index is 0.0482. The topological polar surface area (TPSA) is 78.8 Å². The number of aliphatic hydroxyl groups is 1. The Labute approximate surface area is 215 Å². The largest absolute Gasteiger partial charge is 0.393 e. The van der Waals surface area contributed by atoms with E-state index in [0.29, 0.717) is 60.0 Å². The molecule has 0 bridgehead atoms. The number of carbonyl (C=O) groups excluding carboxylic acids is 2. The molecule has 0 aromatic carbocycles. The van der Waals surface area contributed by atoms with Gasteiger partial charge in [-0.2, -0.15) is 0 Å². The predicted molar refractivity (Wildman–Crippen MR) is 140 cm³/mol. The Morgan fingerprint density at radius 1 is 1.09 bits per heavy atom. The molecule has 0 aromatic heterocycles. The number of nitrogens with zero attached hydrogens (tertiary/aromatic N) is 1. The SMILES string of the molecule is CC12C[C@H](O)C3C(CCC4CC(=O)CCC43C)C1CCCC2C(=O)CSC1=NC2CCCCC2N1. The summed E-state index contributed by atoms with van der Waals surface area (Å²) < 4.78 is 0. The fourth-order valence-corrected chi connectivity index (χ4v) is 10.9. The minimum atomic E-state index is -0.354. The number of thioether (sulfide) groups is 1. The first kappa shape index (κ1) is 24.5. The van der Waals surface area contributed by atoms with Crippen LogP contribution in [0.15, 0.2) is 4.99 Å². The van der Waals surface area contributed by atoms with E-state index in [4.69, 9.17) is 4.99 Å². The average molecular weight is 501 g/mol. The van der Waals surface area contributed by atoms with E-state index in [1.54, 1.807) is 11.8 Å². The lowest BCUT2D eigenvalue weighted by atomic mass is 9.41. The van der Waals surface area contributed by atoms with Crippen molar-refractivity contribution in [2.45, 2.75) is 116 Å². The maximum atomic E-state index is 13.7. The van der Waals surface area contributed by atoms with Crippen LogP contribution in [0.3, 0.4) is 0 Å². The highest BCUT2D eigenvalue weighted by atomic mass is 32.2. The molecular formula is C29H44N2O3S. The standard InChI is InChI=1S/C29H44N2O3S/c1-28-13-12-18(32)14-17(28)10-11-19-20-6-5-7-21(29(20,2)15-24(33)26(19)28)25(34)16-35-27-30-22-8-3-4-9-23(22)31-27/h17,19-24,26,33H,3-16H2,1-2H3,(H,30,31)/t17?,19?,20?,21?,22?,23?,24-,26?,28?,29?/m0/s1. The quantitative estimate of drug-likeness (QED) is 0.560. The van der Waals surface area contributed by atoms with Crippen molar-refractivity contribution in [3.8, 4) is 0 Å². The summed E-state index contributed by atoms with van der Waals surface area (Å²) in [5, 5.41) is 16.2. The maximum absolute atomic E-state index is 13.7. The Morgan fingerprint density at radius 2 is 1.91 bits per heavy atom. The summed E-state index contributed by atoms with van der Waals surface area (Å²) >= 11 is 1.62. The molecule has 6 heteroatoms. The number of amidine groups is 1. The molecule has 0 radical (unpaired) electrons. The van der Waals surface area contributed by atoms with E-state index >= 15 is 0 Å². The van der Waals surface area contributed by atoms with Crippen LogP contribution < -0.4 is 5.32 Å². The molecule has 6 aliphatic rings. The third-order valence-corrected chi connectivity index (χ3v) is 12.6. The first-order chi connectivity index (χ1) is 16.8. The Balaban J connectivity index is 1.17. The van der Waals surface area contributed by atoms with Crippen molar-refractivity contribution in [3.05, 3.63) is 0 Å². The molecule has 6 rings (SSSR count). The summed E-state index contributed by atoms with van der Waals surface area (Å²) in [6.45, 7) is 4.71. The van der Waals surface area contributed by atoms with Crippen molar-refractivity contribution in [2.75, 3.05) is 5.75 Å². The Kier molecular flexibility index (Phi) is 6.39. The number of Topliss-reactive ketones (excluding diaryl/α,β-unsaturated/α-hetero) is 2. The maximum Gasteiger partial charge on any atom is 0.157 e. The number of ketones is 2. The summed E-state index contributed by atoms with van der Waals surface area (Å²) in [5.41, 5.74) is -0.0312. The van der Waals surface area contributed by atoms with Crippen LogP contribution in [0.5, 0.6) is 0 Å². The average Bonchev–Trinajstić information content (AvgIpc) is 3.25. The van der Waals surface area contributed by atoms with Gasteiger partial charge in [0.1, 0.15) is 11.6 Å². The van der Waals surface area contributed by atoms with Gasteiger partial charge in [-0.15, -0.1) is 0 Å². The van der Waals surface area contributed by atoms with E-state index in [-0.39, 0.29) is 28.8 Å². The molecular weight excluding hydrogens is 456 g/mol. The second kappa shape index (κ2) is 9.15. The zero-order chi connectivity index (χ0) is 24.4. The highest BCUT2D eigenvalue weighted by Gasteiger charge is 2.62. The third-order valence-electron chi connectivity index (χ3n) is 11.7. The van der Waals surface area contributed by atoms with E-state index < -0.39 is 0 Å². The molecule has 0 spiro atoms. The Morgan fingerprint density at radius 3 is 2.74 bits per heavy atom. The van der Waals surface area contributed by atoms with Crippen molar-refractivity contribution in [1.29, 1.82) is 0 Å². The van der Waals surface area contributed by atoms with Gasteiger partial charge < -0.3 is 10.4 Å². The molecule has 0 saturated heterocycles. The predicted octanol–water partition coefficient (Wildman–Crippen LogP) is 5.15. The number of hydrogen-bond acceptors (Lipinski definition) is 6. The lowest BCUT2D eigenvalue weighted by Gasteiger charge is -2.64. The van der Waals surface area contributed by atoms with E-state index in [1.807, 2.05) is 0 Å². The lowest BCUT2D eigenvalue weighted by Crippen LogP contribution is -2.61. The summed E-state index contributed by atoms with van der Waals surface area (Å²) in [7, 11) is 0. The molecule has 194 valence electrons. The Bertz CT molecular complexity index is 906. The van der Waals surface area contributed by atoms with E-state index in [9.17, 15) is 14.7 Å². The van der Waals surface area contributed by atoms with Gasteiger partial charge in [0.15, 0.2) is 5.17 Å². The molecule has 1 heterocycles. The van der Waals surface area contributed by atoms with Crippen molar-refractivity contribution >= 4 is 28.5 Å². The van der Waals surface area contributed by atoms with Gasteiger partial charge >= 0.3 is 0 Å². The van der Waals surface area contributed by atoms with Crippen LogP contribution in [-0.4, -0.2) is 45.8 Å². The van der Waals surface area contributed by atoms with Crippen LogP contribution in [-0.2, 0) is 9.59 Å². The summed E-state index contributed by atoms with van der Waals surface area (Å²) in [6, 6.07) is 0.893. The molecule has 10 atom stereocenters. The second-order valence-corrected chi connectivity index (χ2v) is 14.3. The van der Waals surface area contributed by atoms with Gasteiger partial charge in [-0.05, 0) is 85.9 Å². The first-order valence-electron chi connectivity index (χ1n) is 14.5. The summed E-state index contributed by atoms with van der Waals surface area (Å²) in [6.07, 6.45) is 13.2. The van der Waals surface area contributed by atoms with Gasteiger partial charge in [0, 0.05) is 18.8 Å². The smallest absolute Gasteiger partial charge is 0.157 e. The van der Waals surface area contributed by atoms with Crippen LogP contribution in [0.25, 0.3) is 0 Å². The van der Waals surface area contributed by atoms with Crippen molar-refractivity contribution in [2.24, 2.45) is 45.4 Å². The van der Waals surface area contributed by atoms with Gasteiger partial charge in [0.05, 0.1) is 23.9 Å². The molecule has 2 N–H and O–H groups in total. The second-order valence-electron chi connectivity index (χ2n) is 13.4. The monoisotopic (exact) mass is 500 g/mol. The molecule has 9 unspecified atom stereocenters. The van der Waals surface area contributed by atoms with E-state index in [0.717, 1.165) is 43.7 Å². The van der Waals surface area contributed by atoms with Gasteiger partial charge in [-0.1, -0.05) is 44.9 Å². The van der Waals surface area contributed by atoms with Gasteiger partial charge in [0.25, 0.3) is 0 Å². The van der Waals surface area contributed by atoms with Crippen LogP contribution in [0.1, 0.15) is 97.3 Å². The lowest BCUT2D eigenvalue weighted by molar-refractivity contribution is -0.192. The molecule has 35 heavy (non-hydrogen) atoms. The highest BCUT2D eigenvalue weighted by Crippen LogP contribution is 2.66. The van der Waals surface area contributed by atoms with E-state index in [2.05, 4.69) is 19.2 Å². The van der Waals surface area contributed by atoms with Crippen LogP contribution >= 0.6 is 11.8 Å². The van der Waals surface area contributed by atoms with Crippen molar-refractivity contribution in [3.63, 3.8) is 0 Å². The molecule has 5 aliphatic carbocycles. The zero-order valence-electron chi connectivity index (χ0n) is 21.6. The molecule has 0 aromatic rings. The minimum Gasteiger partial charge on any atom is -0.393 e. The number of aliphatic hydroxyl groups excluding tert-OH is 1. The zero-order valence-corrected chi connectivity index (χ0v) is 22.5. The fraction of sp³-hybridized carbons (Fsp3) is 0.897. The van der Waals surface area contributed by atoms with Crippen LogP contribution in [0.2, 0.25) is 0 Å². The van der Waals surface area contributed by atoms with Gasteiger partial charge in [0.2, 0.25) is 0 Å². The van der Waals surface area contributed by atoms with Gasteiger partial charge in [-0.3, -0.25) is 14.6 Å². The normalized spacial score (nSPS) is 49.1. The van der Waals surface area contributed by atoms with Crippen LogP contribution in [0.4, 0.5) is 0 Å². The van der Waals surface area contributed by atoms with Crippen molar-refractivity contribution in [1.82, 2.24) is 5.32 Å². The number of fused-ring (bicyclic) bond motifs is 6. The highest BCUT2D eigenvalue weighted by molar-refractivity contribution is 8.14. The Hall–Kier alpha value is -0.880. The summed E-state index contributed by atoms with van der Waals surface area (Å²) in [4.78, 5) is 30.8. The number of aliphatic imine (C=N–C) groups is 1.